The highest BCUT2D eigenvalue weighted by Gasteiger charge is 2.24. The van der Waals surface area contributed by atoms with Gasteiger partial charge in [0, 0.05) is 19.6 Å². The van der Waals surface area contributed by atoms with Crippen LogP contribution in [0.4, 0.5) is 0 Å². The number of halogens is 1. The fourth-order valence-corrected chi connectivity index (χ4v) is 2.62. The van der Waals surface area contributed by atoms with Crippen LogP contribution < -0.4 is 5.73 Å². The average Bonchev–Trinajstić information content (AvgIpc) is 2.55. The molecule has 23 heavy (non-hydrogen) atoms. The molecule has 124 valence electrons. The van der Waals surface area contributed by atoms with E-state index in [1.54, 1.807) is 0 Å². The number of carbonyl (C=O) groups is 1. The molecule has 2 aromatic carbocycles. The number of benzene rings is 2. The molecule has 0 bridgehead atoms. The Hall–Kier alpha value is -1.84. The number of nitrogens with zero attached hydrogens (tertiary/aromatic N) is 1. The summed E-state index contributed by atoms with van der Waals surface area (Å²) in [6.45, 7) is 5.72. The SMILES string of the molecule is CCN(Cc1ccccc1C)C(=O)C(CN)c1ccccc1.Cl. The Morgan fingerprint density at radius 1 is 1.09 bits per heavy atom. The number of likely N-dealkylation sites (N-methyl/N-ethyl adjacent to an activating group) is 1. The van der Waals surface area contributed by atoms with E-state index in [0.717, 1.165) is 5.56 Å². The van der Waals surface area contributed by atoms with Gasteiger partial charge in [-0.15, -0.1) is 12.4 Å². The van der Waals surface area contributed by atoms with Crippen molar-refractivity contribution in [2.24, 2.45) is 5.73 Å². The first-order valence-electron chi connectivity index (χ1n) is 7.75. The van der Waals surface area contributed by atoms with Crippen LogP contribution in [0.15, 0.2) is 54.6 Å². The fourth-order valence-electron chi connectivity index (χ4n) is 2.62. The molecule has 0 spiro atoms. The number of hydrogen-bond donors (Lipinski definition) is 1. The van der Waals surface area contributed by atoms with Crippen LogP contribution in [0.5, 0.6) is 0 Å². The molecule has 0 heterocycles. The molecule has 4 heteroatoms. The van der Waals surface area contributed by atoms with Crippen LogP contribution in [0.2, 0.25) is 0 Å². The number of carbonyl (C=O) groups excluding carboxylic acids is 1. The van der Waals surface area contributed by atoms with E-state index in [9.17, 15) is 4.79 Å². The predicted octanol–water partition coefficient (Wildman–Crippen LogP) is 3.51. The predicted molar refractivity (Wildman–Crippen MR) is 97.8 cm³/mol. The third-order valence-corrected chi connectivity index (χ3v) is 4.05. The van der Waals surface area contributed by atoms with Gasteiger partial charge < -0.3 is 10.6 Å². The molecule has 0 aliphatic rings. The van der Waals surface area contributed by atoms with Crippen molar-refractivity contribution in [2.75, 3.05) is 13.1 Å². The second kappa shape index (κ2) is 9.33. The van der Waals surface area contributed by atoms with Crippen molar-refractivity contribution in [1.29, 1.82) is 0 Å². The molecule has 0 aliphatic heterocycles. The minimum absolute atomic E-state index is 0. The molecule has 1 amide bonds. The van der Waals surface area contributed by atoms with Gasteiger partial charge in [-0.3, -0.25) is 4.79 Å². The third kappa shape index (κ3) is 4.81. The first-order chi connectivity index (χ1) is 10.7. The standard InChI is InChI=1S/C19H24N2O.ClH/c1-3-21(14-17-12-8-7-9-15(17)2)19(22)18(13-20)16-10-5-4-6-11-16;/h4-12,18H,3,13-14,20H2,1-2H3;1H. The van der Waals surface area contributed by atoms with Gasteiger partial charge in [-0.05, 0) is 30.5 Å². The fraction of sp³-hybridized carbons (Fsp3) is 0.316. The molecule has 2 N–H and O–H groups in total. The van der Waals surface area contributed by atoms with Crippen LogP contribution >= 0.6 is 12.4 Å². The van der Waals surface area contributed by atoms with Gasteiger partial charge in [0.25, 0.3) is 0 Å². The van der Waals surface area contributed by atoms with Crippen molar-refractivity contribution in [1.82, 2.24) is 4.90 Å². The summed E-state index contributed by atoms with van der Waals surface area (Å²) in [5.41, 5.74) is 9.25. The Morgan fingerprint density at radius 2 is 1.70 bits per heavy atom. The summed E-state index contributed by atoms with van der Waals surface area (Å²) < 4.78 is 0. The lowest BCUT2D eigenvalue weighted by Gasteiger charge is -2.26. The van der Waals surface area contributed by atoms with Gasteiger partial charge >= 0.3 is 0 Å². The quantitative estimate of drug-likeness (QED) is 0.880. The van der Waals surface area contributed by atoms with Crippen LogP contribution in [0.25, 0.3) is 0 Å². The molecule has 2 aromatic rings. The molecule has 2 rings (SSSR count). The van der Waals surface area contributed by atoms with Crippen LogP contribution in [-0.4, -0.2) is 23.9 Å². The van der Waals surface area contributed by atoms with Gasteiger partial charge in [-0.1, -0.05) is 54.6 Å². The zero-order valence-electron chi connectivity index (χ0n) is 13.7. The highest BCUT2D eigenvalue weighted by Crippen LogP contribution is 2.19. The van der Waals surface area contributed by atoms with Gasteiger partial charge in [0.2, 0.25) is 5.91 Å². The topological polar surface area (TPSA) is 46.3 Å². The van der Waals surface area contributed by atoms with Crippen molar-refractivity contribution >= 4 is 18.3 Å². The Balaban J connectivity index is 0.00000264. The summed E-state index contributed by atoms with van der Waals surface area (Å²) in [4.78, 5) is 14.7. The molecule has 0 fully saturated rings. The van der Waals surface area contributed by atoms with Crippen LogP contribution in [-0.2, 0) is 11.3 Å². The van der Waals surface area contributed by atoms with E-state index in [4.69, 9.17) is 5.73 Å². The van der Waals surface area contributed by atoms with Gasteiger partial charge in [0.1, 0.15) is 0 Å². The Labute approximate surface area is 144 Å². The summed E-state index contributed by atoms with van der Waals surface area (Å²) >= 11 is 0. The first kappa shape index (κ1) is 19.2. The van der Waals surface area contributed by atoms with Crippen molar-refractivity contribution in [2.45, 2.75) is 26.3 Å². The molecule has 1 unspecified atom stereocenters. The molecule has 0 aliphatic carbocycles. The van der Waals surface area contributed by atoms with Crippen molar-refractivity contribution in [3.05, 3.63) is 71.3 Å². The second-order valence-corrected chi connectivity index (χ2v) is 5.48. The smallest absolute Gasteiger partial charge is 0.231 e. The Kier molecular flexibility index (Phi) is 7.79. The lowest BCUT2D eigenvalue weighted by Crippen LogP contribution is -2.37. The summed E-state index contributed by atoms with van der Waals surface area (Å²) in [7, 11) is 0. The average molecular weight is 333 g/mol. The highest BCUT2D eigenvalue weighted by atomic mass is 35.5. The van der Waals surface area contributed by atoms with Gasteiger partial charge in [0.05, 0.1) is 5.92 Å². The molecule has 0 saturated heterocycles. The lowest BCUT2D eigenvalue weighted by molar-refractivity contribution is -0.133. The molecule has 0 aromatic heterocycles. The summed E-state index contributed by atoms with van der Waals surface area (Å²) in [5, 5.41) is 0. The minimum Gasteiger partial charge on any atom is -0.338 e. The molecule has 1 atom stereocenters. The number of aryl methyl sites for hydroxylation is 1. The van der Waals surface area contributed by atoms with Crippen LogP contribution in [0.1, 0.15) is 29.5 Å². The van der Waals surface area contributed by atoms with Gasteiger partial charge in [0.15, 0.2) is 0 Å². The van der Waals surface area contributed by atoms with E-state index < -0.39 is 0 Å². The maximum absolute atomic E-state index is 12.9. The van der Waals surface area contributed by atoms with Crippen LogP contribution in [0, 0.1) is 6.92 Å². The summed E-state index contributed by atoms with van der Waals surface area (Å²) in [6.07, 6.45) is 0. The van der Waals surface area contributed by atoms with Crippen molar-refractivity contribution in [3.63, 3.8) is 0 Å². The first-order valence-corrected chi connectivity index (χ1v) is 7.75. The van der Waals surface area contributed by atoms with E-state index in [0.29, 0.717) is 19.6 Å². The lowest BCUT2D eigenvalue weighted by atomic mass is 9.97. The van der Waals surface area contributed by atoms with Crippen molar-refractivity contribution < 1.29 is 4.79 Å². The maximum atomic E-state index is 12.9. The van der Waals surface area contributed by atoms with E-state index in [2.05, 4.69) is 19.1 Å². The number of amides is 1. The molecule has 0 saturated carbocycles. The second-order valence-electron chi connectivity index (χ2n) is 5.48. The van der Waals surface area contributed by atoms with Crippen molar-refractivity contribution in [3.8, 4) is 0 Å². The zero-order chi connectivity index (χ0) is 15.9. The molecular weight excluding hydrogens is 308 g/mol. The molecular formula is C19H25ClN2O. The summed E-state index contributed by atoms with van der Waals surface area (Å²) in [6, 6.07) is 18.0. The number of hydrogen-bond acceptors (Lipinski definition) is 2. The third-order valence-electron chi connectivity index (χ3n) is 4.05. The van der Waals surface area contributed by atoms with E-state index in [1.807, 2.05) is 54.3 Å². The molecule has 0 radical (unpaired) electrons. The highest BCUT2D eigenvalue weighted by molar-refractivity contribution is 5.85. The normalized spacial score (nSPS) is 11.4. The molecule has 3 nitrogen and oxygen atoms in total. The number of nitrogens with two attached hydrogens (primary N) is 1. The van der Waals surface area contributed by atoms with Crippen LogP contribution in [0.3, 0.4) is 0 Å². The van der Waals surface area contributed by atoms with E-state index in [-0.39, 0.29) is 24.2 Å². The Bertz CT molecular complexity index is 616. The largest absolute Gasteiger partial charge is 0.338 e. The van der Waals surface area contributed by atoms with Gasteiger partial charge in [-0.2, -0.15) is 0 Å². The monoisotopic (exact) mass is 332 g/mol. The zero-order valence-corrected chi connectivity index (χ0v) is 14.6. The summed E-state index contributed by atoms with van der Waals surface area (Å²) in [5.74, 6) is -0.176. The maximum Gasteiger partial charge on any atom is 0.231 e. The minimum atomic E-state index is -0.273. The van der Waals surface area contributed by atoms with E-state index >= 15 is 0 Å². The van der Waals surface area contributed by atoms with Gasteiger partial charge in [-0.25, -0.2) is 0 Å². The van der Waals surface area contributed by atoms with E-state index in [1.165, 1.54) is 11.1 Å². The Morgan fingerprint density at radius 3 is 2.26 bits per heavy atom. The number of rotatable bonds is 6.